The molecule has 0 fully saturated rings. The molecule has 3 aromatic carbocycles. The van der Waals surface area contributed by atoms with Gasteiger partial charge >= 0.3 is 5.69 Å². The summed E-state index contributed by atoms with van der Waals surface area (Å²) >= 11 is 0. The van der Waals surface area contributed by atoms with Crippen LogP contribution in [0.15, 0.2) is 72.8 Å². The van der Waals surface area contributed by atoms with Crippen molar-refractivity contribution < 1.29 is 14.8 Å². The number of nitro benzene ring substituents is 1. The molecule has 0 bridgehead atoms. The van der Waals surface area contributed by atoms with Gasteiger partial charge < -0.3 is 9.84 Å². The van der Waals surface area contributed by atoms with Crippen LogP contribution < -0.4 is 4.74 Å². The number of rotatable bonds is 5. The minimum Gasteiger partial charge on any atom is -0.450 e. The fraction of sp³-hybridized carbons (Fsp3) is 0.0526. The summed E-state index contributed by atoms with van der Waals surface area (Å²) in [5, 5.41) is 20.3. The first-order valence-corrected chi connectivity index (χ1v) is 7.39. The van der Waals surface area contributed by atoms with Gasteiger partial charge in [0.1, 0.15) is 5.75 Å². The third-order valence-corrected chi connectivity index (χ3v) is 3.59. The molecule has 3 aromatic rings. The molecule has 0 heterocycles. The molecule has 0 amide bonds. The van der Waals surface area contributed by atoms with E-state index in [0.29, 0.717) is 11.3 Å². The molecule has 0 spiro atoms. The highest BCUT2D eigenvalue weighted by molar-refractivity contribution is 5.64. The lowest BCUT2D eigenvalue weighted by Crippen LogP contribution is -1.95. The molecule has 0 aliphatic heterocycles. The maximum Gasteiger partial charge on any atom is 0.311 e. The van der Waals surface area contributed by atoms with Gasteiger partial charge in [0.05, 0.1) is 11.5 Å². The molecule has 0 saturated carbocycles. The zero-order valence-electron chi connectivity index (χ0n) is 12.8. The quantitative estimate of drug-likeness (QED) is 0.553. The standard InChI is InChI=1S/C19H15NO4/c21-13-14-6-11-18(20(22)23)19(12-14)24-17-9-7-16(8-10-17)15-4-2-1-3-5-15/h1-12,21H,13H2. The van der Waals surface area contributed by atoms with Crippen molar-refractivity contribution >= 4 is 5.69 Å². The Morgan fingerprint density at radius 1 is 0.917 bits per heavy atom. The number of nitrogens with zero attached hydrogens (tertiary/aromatic N) is 1. The van der Waals surface area contributed by atoms with Crippen molar-refractivity contribution in [1.82, 2.24) is 0 Å². The lowest BCUT2D eigenvalue weighted by atomic mass is 10.1. The summed E-state index contributed by atoms with van der Waals surface area (Å²) in [4.78, 5) is 10.6. The van der Waals surface area contributed by atoms with Gasteiger partial charge in [0.2, 0.25) is 5.75 Å². The van der Waals surface area contributed by atoms with E-state index in [1.165, 1.54) is 18.2 Å². The monoisotopic (exact) mass is 321 g/mol. The summed E-state index contributed by atoms with van der Waals surface area (Å²) in [5.74, 6) is 0.604. The molecule has 0 aromatic heterocycles. The van der Waals surface area contributed by atoms with Gasteiger partial charge in [0, 0.05) is 6.07 Å². The van der Waals surface area contributed by atoms with E-state index < -0.39 is 4.92 Å². The molecule has 0 radical (unpaired) electrons. The molecule has 24 heavy (non-hydrogen) atoms. The number of aliphatic hydroxyl groups excluding tert-OH is 1. The Hall–Kier alpha value is -3.18. The number of hydrogen-bond acceptors (Lipinski definition) is 4. The Balaban J connectivity index is 1.87. The second-order valence-corrected chi connectivity index (χ2v) is 5.21. The van der Waals surface area contributed by atoms with Crippen LogP contribution in [0.4, 0.5) is 5.69 Å². The van der Waals surface area contributed by atoms with Crippen LogP contribution in [-0.4, -0.2) is 10.0 Å². The summed E-state index contributed by atoms with van der Waals surface area (Å²) in [6.07, 6.45) is 0. The maximum absolute atomic E-state index is 11.1. The lowest BCUT2D eigenvalue weighted by molar-refractivity contribution is -0.385. The SMILES string of the molecule is O=[N+]([O-])c1ccc(CO)cc1Oc1ccc(-c2ccccc2)cc1. The first-order valence-electron chi connectivity index (χ1n) is 7.39. The number of hydrogen-bond donors (Lipinski definition) is 1. The summed E-state index contributed by atoms with van der Waals surface area (Å²) in [6, 6.07) is 21.5. The van der Waals surface area contributed by atoms with Crippen molar-refractivity contribution in [3.05, 3.63) is 88.5 Å². The average molecular weight is 321 g/mol. The third kappa shape index (κ3) is 3.42. The highest BCUT2D eigenvalue weighted by atomic mass is 16.6. The molecule has 0 unspecified atom stereocenters. The zero-order valence-corrected chi connectivity index (χ0v) is 12.8. The van der Waals surface area contributed by atoms with Gasteiger partial charge in [-0.15, -0.1) is 0 Å². The van der Waals surface area contributed by atoms with Gasteiger partial charge in [-0.05, 0) is 41.0 Å². The molecular weight excluding hydrogens is 306 g/mol. The lowest BCUT2D eigenvalue weighted by Gasteiger charge is -2.09. The fourth-order valence-electron chi connectivity index (χ4n) is 2.36. The molecule has 5 nitrogen and oxygen atoms in total. The fourth-order valence-corrected chi connectivity index (χ4v) is 2.36. The number of ether oxygens (including phenoxy) is 1. The summed E-state index contributed by atoms with van der Waals surface area (Å²) in [6.45, 7) is -0.207. The Bertz CT molecular complexity index is 845. The van der Waals surface area contributed by atoms with Gasteiger partial charge in [-0.2, -0.15) is 0 Å². The average Bonchev–Trinajstić information content (AvgIpc) is 2.63. The predicted octanol–water partition coefficient (Wildman–Crippen LogP) is 4.55. The van der Waals surface area contributed by atoms with Crippen molar-refractivity contribution in [1.29, 1.82) is 0 Å². The second kappa shape index (κ2) is 6.93. The molecule has 0 aliphatic rings. The summed E-state index contributed by atoms with van der Waals surface area (Å²) in [7, 11) is 0. The van der Waals surface area contributed by atoms with Crippen LogP contribution in [0.1, 0.15) is 5.56 Å². The Labute approximate surface area is 138 Å². The molecule has 0 atom stereocenters. The van der Waals surface area contributed by atoms with E-state index in [1.807, 2.05) is 42.5 Å². The van der Waals surface area contributed by atoms with Crippen LogP contribution in [0, 0.1) is 10.1 Å². The van der Waals surface area contributed by atoms with Crippen molar-refractivity contribution in [3.63, 3.8) is 0 Å². The Morgan fingerprint density at radius 3 is 2.21 bits per heavy atom. The van der Waals surface area contributed by atoms with E-state index in [-0.39, 0.29) is 18.0 Å². The van der Waals surface area contributed by atoms with Crippen molar-refractivity contribution in [2.75, 3.05) is 0 Å². The molecule has 0 saturated heterocycles. The highest BCUT2D eigenvalue weighted by Crippen LogP contribution is 2.33. The van der Waals surface area contributed by atoms with Crippen LogP contribution in [-0.2, 0) is 6.61 Å². The molecule has 120 valence electrons. The predicted molar refractivity (Wildman–Crippen MR) is 91.0 cm³/mol. The smallest absolute Gasteiger partial charge is 0.311 e. The molecule has 0 aliphatic carbocycles. The van der Waals surface area contributed by atoms with Crippen LogP contribution in [0.3, 0.4) is 0 Å². The molecule has 5 heteroatoms. The highest BCUT2D eigenvalue weighted by Gasteiger charge is 2.16. The van der Waals surface area contributed by atoms with Crippen molar-refractivity contribution in [2.24, 2.45) is 0 Å². The van der Waals surface area contributed by atoms with Crippen molar-refractivity contribution in [3.8, 4) is 22.6 Å². The normalized spacial score (nSPS) is 10.4. The van der Waals surface area contributed by atoms with E-state index in [4.69, 9.17) is 4.74 Å². The van der Waals surface area contributed by atoms with Gasteiger partial charge in [0.15, 0.2) is 0 Å². The Morgan fingerprint density at radius 2 is 1.58 bits per heavy atom. The van der Waals surface area contributed by atoms with Crippen LogP contribution in [0.5, 0.6) is 11.5 Å². The van der Waals surface area contributed by atoms with Crippen LogP contribution in [0.25, 0.3) is 11.1 Å². The first-order chi connectivity index (χ1) is 11.7. The van der Waals surface area contributed by atoms with E-state index in [0.717, 1.165) is 11.1 Å². The summed E-state index contributed by atoms with van der Waals surface area (Å²) < 4.78 is 5.65. The van der Waals surface area contributed by atoms with Crippen LogP contribution >= 0.6 is 0 Å². The van der Waals surface area contributed by atoms with Gasteiger partial charge in [-0.25, -0.2) is 0 Å². The zero-order chi connectivity index (χ0) is 16.9. The minimum absolute atomic E-state index is 0.110. The van der Waals surface area contributed by atoms with Crippen molar-refractivity contribution in [2.45, 2.75) is 6.61 Å². The Kier molecular flexibility index (Phi) is 4.54. The van der Waals surface area contributed by atoms with Gasteiger partial charge in [-0.3, -0.25) is 10.1 Å². The number of aliphatic hydroxyl groups is 1. The molecule has 1 N–H and O–H groups in total. The number of nitro groups is 1. The number of benzene rings is 3. The minimum atomic E-state index is -0.505. The first kappa shape index (κ1) is 15.7. The second-order valence-electron chi connectivity index (χ2n) is 5.21. The van der Waals surface area contributed by atoms with E-state index in [1.54, 1.807) is 12.1 Å². The third-order valence-electron chi connectivity index (χ3n) is 3.59. The molecular formula is C19H15NO4. The summed E-state index contributed by atoms with van der Waals surface area (Å²) in [5.41, 5.74) is 2.52. The van der Waals surface area contributed by atoms with Gasteiger partial charge in [-0.1, -0.05) is 42.5 Å². The topological polar surface area (TPSA) is 72.6 Å². The van der Waals surface area contributed by atoms with E-state index in [9.17, 15) is 15.2 Å². The van der Waals surface area contributed by atoms with E-state index in [2.05, 4.69) is 0 Å². The van der Waals surface area contributed by atoms with E-state index >= 15 is 0 Å². The maximum atomic E-state index is 11.1. The van der Waals surface area contributed by atoms with Gasteiger partial charge in [0.25, 0.3) is 0 Å². The van der Waals surface area contributed by atoms with Crippen LogP contribution in [0.2, 0.25) is 0 Å². The molecule has 3 rings (SSSR count). The largest absolute Gasteiger partial charge is 0.450 e.